The average molecular weight is 253 g/mol. The number of amides is 2. The van der Waals surface area contributed by atoms with E-state index in [0.29, 0.717) is 6.54 Å². The average Bonchev–Trinajstić information content (AvgIpc) is 2.36. The van der Waals surface area contributed by atoms with Gasteiger partial charge in [0.05, 0.1) is 6.61 Å². The molecule has 18 heavy (non-hydrogen) atoms. The zero-order valence-electron chi connectivity index (χ0n) is 9.91. The Balaban J connectivity index is 2.54. The summed E-state index contributed by atoms with van der Waals surface area (Å²) in [4.78, 5) is 27.5. The number of nitrogens with one attached hydrogen (secondary N) is 1. The van der Waals surface area contributed by atoms with E-state index < -0.39 is 24.6 Å². The lowest BCUT2D eigenvalue weighted by Crippen LogP contribution is -2.48. The predicted octanol–water partition coefficient (Wildman–Crippen LogP) is -0.332. The van der Waals surface area contributed by atoms with Gasteiger partial charge in [-0.1, -0.05) is 6.07 Å². The quantitative estimate of drug-likeness (QED) is 0.666. The van der Waals surface area contributed by atoms with Crippen LogP contribution in [0.2, 0.25) is 0 Å². The molecule has 98 valence electrons. The molecule has 0 fully saturated rings. The summed E-state index contributed by atoms with van der Waals surface area (Å²) < 4.78 is 0. The van der Waals surface area contributed by atoms with E-state index in [1.807, 2.05) is 0 Å². The van der Waals surface area contributed by atoms with Gasteiger partial charge in [0.2, 0.25) is 0 Å². The van der Waals surface area contributed by atoms with E-state index in [-0.39, 0.29) is 0 Å². The molecular formula is C11H15N3O4. The largest absolute Gasteiger partial charge is 0.480 e. The van der Waals surface area contributed by atoms with Crippen molar-refractivity contribution in [1.29, 1.82) is 0 Å². The van der Waals surface area contributed by atoms with Crippen molar-refractivity contribution in [3.05, 3.63) is 30.1 Å². The van der Waals surface area contributed by atoms with Gasteiger partial charge in [-0.25, -0.2) is 9.59 Å². The number of carbonyl (C=O) groups is 2. The van der Waals surface area contributed by atoms with Crippen LogP contribution in [0.5, 0.6) is 0 Å². The molecule has 0 spiro atoms. The number of aliphatic hydroxyl groups is 1. The SMILES string of the molecule is CN(Cc1cccnc1)C(=O)NC(CO)C(=O)O. The Labute approximate surface area is 104 Å². The minimum absolute atomic E-state index is 0.303. The van der Waals surface area contributed by atoms with Crippen molar-refractivity contribution in [2.24, 2.45) is 0 Å². The molecule has 1 heterocycles. The number of carbonyl (C=O) groups excluding carboxylic acids is 1. The second kappa shape index (κ2) is 6.55. The van der Waals surface area contributed by atoms with Gasteiger partial charge < -0.3 is 20.4 Å². The maximum Gasteiger partial charge on any atom is 0.328 e. The third-order valence-electron chi connectivity index (χ3n) is 2.27. The first-order valence-electron chi connectivity index (χ1n) is 5.28. The highest BCUT2D eigenvalue weighted by atomic mass is 16.4. The molecule has 0 aromatic carbocycles. The standard InChI is InChI=1S/C11H15N3O4/c1-14(6-8-3-2-4-12-5-8)11(18)13-9(7-15)10(16)17/h2-5,9,15H,6-7H2,1H3,(H,13,18)(H,16,17). The van der Waals surface area contributed by atoms with Crippen LogP contribution in [-0.2, 0) is 11.3 Å². The second-order valence-electron chi connectivity index (χ2n) is 3.74. The summed E-state index contributed by atoms with van der Waals surface area (Å²) >= 11 is 0. The number of rotatable bonds is 5. The molecule has 1 rings (SSSR count). The van der Waals surface area contributed by atoms with Crippen LogP contribution < -0.4 is 5.32 Å². The van der Waals surface area contributed by atoms with E-state index in [1.165, 1.54) is 11.9 Å². The van der Waals surface area contributed by atoms with Crippen LogP contribution in [0, 0.1) is 0 Å². The molecule has 0 saturated heterocycles. The van der Waals surface area contributed by atoms with Crippen LogP contribution in [0.25, 0.3) is 0 Å². The Kier molecular flexibility index (Phi) is 5.06. The van der Waals surface area contributed by atoms with Crippen molar-refractivity contribution in [2.75, 3.05) is 13.7 Å². The summed E-state index contributed by atoms with van der Waals surface area (Å²) in [5, 5.41) is 19.7. The Hall–Kier alpha value is -2.15. The smallest absolute Gasteiger partial charge is 0.328 e. The number of hydrogen-bond acceptors (Lipinski definition) is 4. The van der Waals surface area contributed by atoms with Gasteiger partial charge in [0.15, 0.2) is 6.04 Å². The van der Waals surface area contributed by atoms with Gasteiger partial charge >= 0.3 is 12.0 Å². The molecule has 1 aromatic rings. The van der Waals surface area contributed by atoms with Crippen LogP contribution in [0.4, 0.5) is 4.79 Å². The van der Waals surface area contributed by atoms with E-state index in [4.69, 9.17) is 10.2 Å². The molecule has 0 radical (unpaired) electrons. The lowest BCUT2D eigenvalue weighted by molar-refractivity contribution is -0.140. The molecule has 0 bridgehead atoms. The molecule has 1 unspecified atom stereocenters. The number of carboxylic acid groups (broad SMARTS) is 1. The van der Waals surface area contributed by atoms with E-state index in [2.05, 4.69) is 10.3 Å². The van der Waals surface area contributed by atoms with Crippen LogP contribution in [-0.4, -0.2) is 51.8 Å². The molecule has 7 nitrogen and oxygen atoms in total. The fourth-order valence-electron chi connectivity index (χ4n) is 1.28. The van der Waals surface area contributed by atoms with Crippen molar-refractivity contribution in [3.63, 3.8) is 0 Å². The summed E-state index contributed by atoms with van der Waals surface area (Å²) in [6, 6.07) is 1.68. The number of aliphatic carboxylic acids is 1. The molecule has 0 aliphatic carbocycles. The third-order valence-corrected chi connectivity index (χ3v) is 2.27. The molecule has 1 aromatic heterocycles. The number of hydrogen-bond donors (Lipinski definition) is 3. The van der Waals surface area contributed by atoms with Crippen molar-refractivity contribution in [3.8, 4) is 0 Å². The van der Waals surface area contributed by atoms with Gasteiger partial charge in [0, 0.05) is 26.0 Å². The lowest BCUT2D eigenvalue weighted by Gasteiger charge is -2.20. The Morgan fingerprint density at radius 3 is 2.78 bits per heavy atom. The van der Waals surface area contributed by atoms with Gasteiger partial charge in [-0.05, 0) is 11.6 Å². The zero-order valence-corrected chi connectivity index (χ0v) is 9.91. The summed E-state index contributed by atoms with van der Waals surface area (Å²) in [5.41, 5.74) is 0.825. The van der Waals surface area contributed by atoms with E-state index in [1.54, 1.807) is 24.5 Å². The normalized spacial score (nSPS) is 11.7. The monoisotopic (exact) mass is 253 g/mol. The number of aromatic nitrogens is 1. The Bertz CT molecular complexity index is 410. The van der Waals surface area contributed by atoms with Crippen LogP contribution in [0.3, 0.4) is 0 Å². The van der Waals surface area contributed by atoms with Gasteiger partial charge in [0.1, 0.15) is 0 Å². The Morgan fingerprint density at radius 1 is 1.56 bits per heavy atom. The van der Waals surface area contributed by atoms with Gasteiger partial charge in [-0.3, -0.25) is 4.98 Å². The minimum Gasteiger partial charge on any atom is -0.480 e. The molecule has 0 aliphatic rings. The number of aliphatic hydroxyl groups excluding tert-OH is 1. The van der Waals surface area contributed by atoms with Crippen LogP contribution >= 0.6 is 0 Å². The molecule has 3 N–H and O–H groups in total. The molecule has 2 amide bonds. The first-order valence-corrected chi connectivity index (χ1v) is 5.28. The molecule has 0 aliphatic heterocycles. The van der Waals surface area contributed by atoms with Crippen molar-refractivity contribution in [2.45, 2.75) is 12.6 Å². The topological polar surface area (TPSA) is 103 Å². The second-order valence-corrected chi connectivity index (χ2v) is 3.74. The first kappa shape index (κ1) is 13.9. The van der Waals surface area contributed by atoms with Gasteiger partial charge in [-0.2, -0.15) is 0 Å². The zero-order chi connectivity index (χ0) is 13.5. The summed E-state index contributed by atoms with van der Waals surface area (Å²) in [6.07, 6.45) is 3.24. The highest BCUT2D eigenvalue weighted by Gasteiger charge is 2.20. The number of carboxylic acids is 1. The number of pyridine rings is 1. The molecule has 7 heteroatoms. The van der Waals surface area contributed by atoms with Crippen molar-refractivity contribution in [1.82, 2.24) is 15.2 Å². The lowest BCUT2D eigenvalue weighted by atomic mass is 10.3. The van der Waals surface area contributed by atoms with E-state index in [0.717, 1.165) is 5.56 Å². The van der Waals surface area contributed by atoms with E-state index >= 15 is 0 Å². The van der Waals surface area contributed by atoms with E-state index in [9.17, 15) is 9.59 Å². The van der Waals surface area contributed by atoms with Crippen LogP contribution in [0.15, 0.2) is 24.5 Å². The van der Waals surface area contributed by atoms with Crippen LogP contribution in [0.1, 0.15) is 5.56 Å². The predicted molar refractivity (Wildman–Crippen MR) is 62.7 cm³/mol. The third kappa shape index (κ3) is 4.02. The Morgan fingerprint density at radius 2 is 2.28 bits per heavy atom. The molecular weight excluding hydrogens is 238 g/mol. The summed E-state index contributed by atoms with van der Waals surface area (Å²) in [5.74, 6) is -1.28. The highest BCUT2D eigenvalue weighted by Crippen LogP contribution is 2.01. The maximum absolute atomic E-state index is 11.6. The number of nitrogens with zero attached hydrogens (tertiary/aromatic N) is 2. The molecule has 0 saturated carbocycles. The number of urea groups is 1. The summed E-state index contributed by atoms with van der Waals surface area (Å²) in [7, 11) is 1.53. The van der Waals surface area contributed by atoms with Gasteiger partial charge in [-0.15, -0.1) is 0 Å². The van der Waals surface area contributed by atoms with Gasteiger partial charge in [0.25, 0.3) is 0 Å². The molecule has 1 atom stereocenters. The minimum atomic E-state index is -1.30. The summed E-state index contributed by atoms with van der Waals surface area (Å²) in [6.45, 7) is -0.348. The maximum atomic E-state index is 11.6. The fourth-order valence-corrected chi connectivity index (χ4v) is 1.28. The fraction of sp³-hybridized carbons (Fsp3) is 0.364. The highest BCUT2D eigenvalue weighted by molar-refractivity contribution is 5.82. The van der Waals surface area contributed by atoms with Crippen molar-refractivity contribution < 1.29 is 19.8 Å². The van der Waals surface area contributed by atoms with Crippen molar-refractivity contribution >= 4 is 12.0 Å². The first-order chi connectivity index (χ1) is 8.54.